The number of hydrogen-bond donors (Lipinski definition) is 2. The molecule has 106 valence electrons. The zero-order valence-electron chi connectivity index (χ0n) is 12.3. The number of hydrogen-bond acceptors (Lipinski definition) is 2. The molecule has 2 nitrogen and oxygen atoms in total. The van der Waals surface area contributed by atoms with Gasteiger partial charge in [0.2, 0.25) is 0 Å². The molecule has 2 atom stereocenters. The highest BCUT2D eigenvalue weighted by molar-refractivity contribution is 4.98. The molecular weight excluding hydrogens is 224 g/mol. The first-order valence-electron chi connectivity index (χ1n) is 7.67. The van der Waals surface area contributed by atoms with Crippen LogP contribution >= 0.6 is 0 Å². The van der Waals surface area contributed by atoms with Crippen LogP contribution in [-0.4, -0.2) is 21.4 Å². The monoisotopic (exact) mass is 254 g/mol. The van der Waals surface area contributed by atoms with Crippen molar-refractivity contribution >= 4 is 0 Å². The Morgan fingerprint density at radius 3 is 2.11 bits per heavy atom. The molecule has 0 spiro atoms. The van der Waals surface area contributed by atoms with Gasteiger partial charge in [-0.15, -0.1) is 0 Å². The topological polar surface area (TPSA) is 40.5 Å². The minimum absolute atomic E-state index is 0.206. The molecule has 2 fully saturated rings. The van der Waals surface area contributed by atoms with Crippen molar-refractivity contribution in [3.63, 3.8) is 0 Å². The average molecular weight is 254 g/mol. The van der Waals surface area contributed by atoms with Crippen molar-refractivity contribution in [1.82, 2.24) is 0 Å². The van der Waals surface area contributed by atoms with Gasteiger partial charge in [-0.25, -0.2) is 0 Å². The SMILES string of the molecule is CC1CC(C)(C)CC(O)(CC2(O)CCCCC2)C1. The van der Waals surface area contributed by atoms with Crippen LogP contribution in [0.3, 0.4) is 0 Å². The lowest BCUT2D eigenvalue weighted by atomic mass is 9.62. The van der Waals surface area contributed by atoms with E-state index >= 15 is 0 Å². The molecule has 0 aromatic carbocycles. The van der Waals surface area contributed by atoms with Gasteiger partial charge in [0.1, 0.15) is 0 Å². The molecule has 2 rings (SSSR count). The number of rotatable bonds is 2. The van der Waals surface area contributed by atoms with Gasteiger partial charge in [-0.1, -0.05) is 40.0 Å². The standard InChI is InChI=1S/C16H30O2/c1-13-9-14(2,3)11-16(18,10-13)12-15(17)7-5-4-6-8-15/h13,17-18H,4-12H2,1-3H3. The molecule has 0 aromatic heterocycles. The van der Waals surface area contributed by atoms with Crippen molar-refractivity contribution in [2.45, 2.75) is 89.8 Å². The summed E-state index contributed by atoms with van der Waals surface area (Å²) in [7, 11) is 0. The molecule has 2 aliphatic carbocycles. The maximum atomic E-state index is 10.9. The van der Waals surface area contributed by atoms with E-state index in [1.165, 1.54) is 12.8 Å². The minimum atomic E-state index is -0.646. The molecule has 2 aliphatic rings. The Labute approximate surface area is 112 Å². The maximum Gasteiger partial charge on any atom is 0.0682 e. The van der Waals surface area contributed by atoms with E-state index in [0.717, 1.165) is 38.5 Å². The molecule has 0 amide bonds. The second-order valence-corrected chi connectivity index (χ2v) is 8.04. The predicted molar refractivity (Wildman–Crippen MR) is 74.4 cm³/mol. The summed E-state index contributed by atoms with van der Waals surface area (Å²) in [6.07, 6.45) is 8.71. The first-order valence-corrected chi connectivity index (χ1v) is 7.67. The smallest absolute Gasteiger partial charge is 0.0682 e. The van der Waals surface area contributed by atoms with Crippen molar-refractivity contribution < 1.29 is 10.2 Å². The molecule has 0 saturated heterocycles. The van der Waals surface area contributed by atoms with E-state index in [9.17, 15) is 10.2 Å². The summed E-state index contributed by atoms with van der Waals surface area (Å²) in [5.74, 6) is 0.561. The van der Waals surface area contributed by atoms with E-state index in [2.05, 4.69) is 20.8 Å². The Hall–Kier alpha value is -0.0800. The second-order valence-electron chi connectivity index (χ2n) is 8.04. The summed E-state index contributed by atoms with van der Waals surface area (Å²) in [6, 6.07) is 0. The minimum Gasteiger partial charge on any atom is -0.390 e. The summed E-state index contributed by atoms with van der Waals surface area (Å²) in [4.78, 5) is 0. The van der Waals surface area contributed by atoms with Crippen LogP contribution in [0.4, 0.5) is 0 Å². The average Bonchev–Trinajstić information content (AvgIpc) is 2.11. The largest absolute Gasteiger partial charge is 0.390 e. The van der Waals surface area contributed by atoms with Crippen LogP contribution in [0.15, 0.2) is 0 Å². The third-order valence-electron chi connectivity index (χ3n) is 4.88. The summed E-state index contributed by atoms with van der Waals surface area (Å²) in [5.41, 5.74) is -1.04. The van der Waals surface area contributed by atoms with Crippen LogP contribution in [0.2, 0.25) is 0 Å². The van der Waals surface area contributed by atoms with Crippen LogP contribution < -0.4 is 0 Å². The summed E-state index contributed by atoms with van der Waals surface area (Å²) >= 11 is 0. The van der Waals surface area contributed by atoms with E-state index in [4.69, 9.17) is 0 Å². The van der Waals surface area contributed by atoms with Gasteiger partial charge < -0.3 is 10.2 Å². The Morgan fingerprint density at radius 1 is 0.944 bits per heavy atom. The van der Waals surface area contributed by atoms with Gasteiger partial charge in [-0.3, -0.25) is 0 Å². The second kappa shape index (κ2) is 4.79. The maximum absolute atomic E-state index is 10.9. The van der Waals surface area contributed by atoms with Crippen molar-refractivity contribution in [3.8, 4) is 0 Å². The molecule has 0 radical (unpaired) electrons. The molecule has 2 saturated carbocycles. The molecule has 0 aromatic rings. The Morgan fingerprint density at radius 2 is 1.56 bits per heavy atom. The van der Waals surface area contributed by atoms with E-state index in [-0.39, 0.29) is 5.41 Å². The fraction of sp³-hybridized carbons (Fsp3) is 1.00. The van der Waals surface area contributed by atoms with Gasteiger partial charge in [0.25, 0.3) is 0 Å². The quantitative estimate of drug-likeness (QED) is 0.789. The lowest BCUT2D eigenvalue weighted by Gasteiger charge is -2.48. The molecule has 18 heavy (non-hydrogen) atoms. The molecule has 2 N–H and O–H groups in total. The highest BCUT2D eigenvalue weighted by Gasteiger charge is 2.46. The van der Waals surface area contributed by atoms with Gasteiger partial charge in [0.05, 0.1) is 11.2 Å². The first kappa shape index (κ1) is 14.3. The van der Waals surface area contributed by atoms with Crippen LogP contribution in [0.1, 0.15) is 78.6 Å². The van der Waals surface area contributed by atoms with Gasteiger partial charge in [0.15, 0.2) is 0 Å². The van der Waals surface area contributed by atoms with Crippen molar-refractivity contribution in [1.29, 1.82) is 0 Å². The molecule has 0 heterocycles. The fourth-order valence-electron chi connectivity index (χ4n) is 4.83. The molecule has 2 unspecified atom stereocenters. The van der Waals surface area contributed by atoms with Gasteiger partial charge in [-0.05, 0) is 43.4 Å². The van der Waals surface area contributed by atoms with Gasteiger partial charge in [-0.2, -0.15) is 0 Å². The molecule has 2 heteroatoms. The predicted octanol–water partition coefficient (Wildman–Crippen LogP) is 3.65. The third kappa shape index (κ3) is 3.48. The van der Waals surface area contributed by atoms with Crippen LogP contribution in [-0.2, 0) is 0 Å². The lowest BCUT2D eigenvalue weighted by Crippen LogP contribution is -2.48. The highest BCUT2D eigenvalue weighted by Crippen LogP contribution is 2.48. The van der Waals surface area contributed by atoms with E-state index in [0.29, 0.717) is 12.3 Å². The molecule has 0 bridgehead atoms. The summed E-state index contributed by atoms with van der Waals surface area (Å²) < 4.78 is 0. The van der Waals surface area contributed by atoms with E-state index in [1.54, 1.807) is 0 Å². The zero-order valence-corrected chi connectivity index (χ0v) is 12.3. The van der Waals surface area contributed by atoms with Crippen LogP contribution in [0.25, 0.3) is 0 Å². The van der Waals surface area contributed by atoms with Crippen molar-refractivity contribution in [2.24, 2.45) is 11.3 Å². The fourth-order valence-corrected chi connectivity index (χ4v) is 4.83. The summed E-state index contributed by atoms with van der Waals surface area (Å²) in [6.45, 7) is 6.73. The lowest BCUT2D eigenvalue weighted by molar-refractivity contribution is -0.123. The Balaban J connectivity index is 2.06. The van der Waals surface area contributed by atoms with E-state index in [1.807, 2.05) is 0 Å². The first-order chi connectivity index (χ1) is 8.22. The molecule has 0 aliphatic heterocycles. The highest BCUT2D eigenvalue weighted by atomic mass is 16.3. The number of aliphatic hydroxyl groups is 2. The van der Waals surface area contributed by atoms with Gasteiger partial charge >= 0.3 is 0 Å². The molecular formula is C16H30O2. The van der Waals surface area contributed by atoms with Crippen LogP contribution in [0, 0.1) is 11.3 Å². The zero-order chi connectivity index (χ0) is 13.4. The van der Waals surface area contributed by atoms with Crippen molar-refractivity contribution in [2.75, 3.05) is 0 Å². The summed E-state index contributed by atoms with van der Waals surface area (Å²) in [5, 5.41) is 21.6. The van der Waals surface area contributed by atoms with E-state index < -0.39 is 11.2 Å². The van der Waals surface area contributed by atoms with Crippen LogP contribution in [0.5, 0.6) is 0 Å². The third-order valence-corrected chi connectivity index (χ3v) is 4.88. The Bertz CT molecular complexity index is 291. The van der Waals surface area contributed by atoms with Crippen molar-refractivity contribution in [3.05, 3.63) is 0 Å². The normalized spacial score (nSPS) is 39.5. The van der Waals surface area contributed by atoms with Gasteiger partial charge in [0, 0.05) is 6.42 Å². The Kier molecular flexibility index (Phi) is 3.81.